The molecular formula is C23H28N2O4. The van der Waals surface area contributed by atoms with E-state index in [9.17, 15) is 9.59 Å². The first kappa shape index (κ1) is 20.7. The van der Waals surface area contributed by atoms with Crippen molar-refractivity contribution in [3.63, 3.8) is 0 Å². The molecule has 3 rings (SSSR count). The van der Waals surface area contributed by atoms with Gasteiger partial charge in [0.05, 0.1) is 13.0 Å². The van der Waals surface area contributed by atoms with Gasteiger partial charge in [-0.25, -0.2) is 0 Å². The minimum Gasteiger partial charge on any atom is -0.497 e. The fraction of sp³-hybridized carbons (Fsp3) is 0.391. The van der Waals surface area contributed by atoms with Crippen LogP contribution in [0.4, 0.5) is 5.69 Å². The molecule has 2 N–H and O–H groups in total. The first-order chi connectivity index (χ1) is 14.0. The summed E-state index contributed by atoms with van der Waals surface area (Å²) < 4.78 is 10.9. The number of ether oxygens (including phenoxy) is 2. The fourth-order valence-corrected chi connectivity index (χ4v) is 3.21. The highest BCUT2D eigenvalue weighted by Crippen LogP contribution is 2.30. The number of carbonyl (C=O) groups excluding carboxylic acids is 2. The van der Waals surface area contributed by atoms with E-state index in [4.69, 9.17) is 9.47 Å². The van der Waals surface area contributed by atoms with Crippen LogP contribution in [0.3, 0.4) is 0 Å². The van der Waals surface area contributed by atoms with Crippen LogP contribution >= 0.6 is 0 Å². The molecule has 1 atom stereocenters. The molecule has 6 heteroatoms. The Hall–Kier alpha value is -3.02. The minimum atomic E-state index is -0.220. The summed E-state index contributed by atoms with van der Waals surface area (Å²) in [5.41, 5.74) is 2.14. The molecule has 2 amide bonds. The molecule has 0 unspecified atom stereocenters. The number of anilines is 1. The van der Waals surface area contributed by atoms with E-state index in [0.717, 1.165) is 17.7 Å². The Labute approximate surface area is 171 Å². The topological polar surface area (TPSA) is 76.7 Å². The SMILES string of the molecule is COc1ccc(C(=O)Nc2ccc3c(c2)C[C@H](C(=O)NCCC(C)C)CO3)cc1. The van der Waals surface area contributed by atoms with Gasteiger partial charge in [0.2, 0.25) is 5.91 Å². The maximum absolute atomic E-state index is 12.5. The van der Waals surface area contributed by atoms with Crippen molar-refractivity contribution < 1.29 is 19.1 Å². The first-order valence-corrected chi connectivity index (χ1v) is 9.95. The van der Waals surface area contributed by atoms with Crippen LogP contribution in [0.15, 0.2) is 42.5 Å². The molecule has 1 aliphatic heterocycles. The average molecular weight is 396 g/mol. The number of fused-ring (bicyclic) bond motifs is 1. The Balaban J connectivity index is 1.62. The van der Waals surface area contributed by atoms with Gasteiger partial charge in [-0.05, 0) is 66.8 Å². The highest BCUT2D eigenvalue weighted by atomic mass is 16.5. The van der Waals surface area contributed by atoms with E-state index >= 15 is 0 Å². The number of benzene rings is 2. The number of methoxy groups -OCH3 is 1. The van der Waals surface area contributed by atoms with E-state index in [1.807, 2.05) is 18.2 Å². The van der Waals surface area contributed by atoms with Crippen molar-refractivity contribution in [2.75, 3.05) is 25.6 Å². The third-order valence-corrected chi connectivity index (χ3v) is 4.97. The zero-order chi connectivity index (χ0) is 20.8. The van der Waals surface area contributed by atoms with Crippen LogP contribution in [0.2, 0.25) is 0 Å². The van der Waals surface area contributed by atoms with E-state index in [0.29, 0.717) is 42.5 Å². The monoisotopic (exact) mass is 396 g/mol. The molecule has 2 aromatic carbocycles. The Morgan fingerprint density at radius 2 is 1.93 bits per heavy atom. The van der Waals surface area contributed by atoms with E-state index < -0.39 is 0 Å². The minimum absolute atomic E-state index is 0.0176. The molecule has 2 aromatic rings. The molecule has 29 heavy (non-hydrogen) atoms. The normalized spacial score (nSPS) is 15.2. The molecule has 154 valence electrons. The number of hydrogen-bond donors (Lipinski definition) is 2. The second-order valence-electron chi connectivity index (χ2n) is 7.69. The average Bonchev–Trinajstić information content (AvgIpc) is 2.73. The molecule has 0 saturated carbocycles. The molecule has 6 nitrogen and oxygen atoms in total. The van der Waals surface area contributed by atoms with E-state index in [1.54, 1.807) is 31.4 Å². The molecule has 0 bridgehead atoms. The van der Waals surface area contributed by atoms with Crippen molar-refractivity contribution in [3.8, 4) is 11.5 Å². The molecule has 0 saturated heterocycles. The van der Waals surface area contributed by atoms with Crippen molar-refractivity contribution in [2.24, 2.45) is 11.8 Å². The van der Waals surface area contributed by atoms with Gasteiger partial charge in [0.25, 0.3) is 5.91 Å². The maximum Gasteiger partial charge on any atom is 0.255 e. The van der Waals surface area contributed by atoms with Gasteiger partial charge in [0, 0.05) is 17.8 Å². The Bertz CT molecular complexity index is 862. The summed E-state index contributed by atoms with van der Waals surface area (Å²) in [6.45, 7) is 5.32. The first-order valence-electron chi connectivity index (χ1n) is 9.95. The molecule has 0 aromatic heterocycles. The second-order valence-corrected chi connectivity index (χ2v) is 7.69. The molecule has 0 fully saturated rings. The molecule has 0 aliphatic carbocycles. The highest BCUT2D eigenvalue weighted by Gasteiger charge is 2.26. The quantitative estimate of drug-likeness (QED) is 0.749. The summed E-state index contributed by atoms with van der Waals surface area (Å²) in [5, 5.41) is 5.89. The van der Waals surface area contributed by atoms with Crippen molar-refractivity contribution in [3.05, 3.63) is 53.6 Å². The van der Waals surface area contributed by atoms with Crippen LogP contribution in [0.25, 0.3) is 0 Å². The predicted octanol–water partition coefficient (Wildman–Crippen LogP) is 3.66. The smallest absolute Gasteiger partial charge is 0.255 e. The van der Waals surface area contributed by atoms with E-state index in [1.165, 1.54) is 0 Å². The summed E-state index contributed by atoms with van der Waals surface area (Å²) in [7, 11) is 1.59. The molecule has 1 aliphatic rings. The number of rotatable bonds is 7. The van der Waals surface area contributed by atoms with Gasteiger partial charge in [-0.15, -0.1) is 0 Å². The van der Waals surface area contributed by atoms with Crippen LogP contribution in [0.1, 0.15) is 36.2 Å². The summed E-state index contributed by atoms with van der Waals surface area (Å²) in [4.78, 5) is 24.9. The van der Waals surface area contributed by atoms with Gasteiger partial charge < -0.3 is 20.1 Å². The van der Waals surface area contributed by atoms with Crippen LogP contribution in [0.5, 0.6) is 11.5 Å². The molecule has 0 radical (unpaired) electrons. The Kier molecular flexibility index (Phi) is 6.75. The van der Waals surface area contributed by atoms with Gasteiger partial charge >= 0.3 is 0 Å². The molecule has 0 spiro atoms. The highest BCUT2D eigenvalue weighted by molar-refractivity contribution is 6.04. The lowest BCUT2D eigenvalue weighted by Gasteiger charge is -2.25. The number of hydrogen-bond acceptors (Lipinski definition) is 4. The summed E-state index contributed by atoms with van der Waals surface area (Å²) in [6, 6.07) is 12.5. The molecule has 1 heterocycles. The summed E-state index contributed by atoms with van der Waals surface area (Å²) in [5.74, 6) is 1.61. The second kappa shape index (κ2) is 9.45. The summed E-state index contributed by atoms with van der Waals surface area (Å²) >= 11 is 0. The zero-order valence-corrected chi connectivity index (χ0v) is 17.2. The van der Waals surface area contributed by atoms with Gasteiger partial charge in [0.1, 0.15) is 18.1 Å². The number of nitrogens with one attached hydrogen (secondary N) is 2. The molecular weight excluding hydrogens is 368 g/mol. The number of amides is 2. The van der Waals surface area contributed by atoms with Crippen molar-refractivity contribution in [1.82, 2.24) is 5.32 Å². The summed E-state index contributed by atoms with van der Waals surface area (Å²) in [6.07, 6.45) is 1.55. The fourth-order valence-electron chi connectivity index (χ4n) is 3.21. The van der Waals surface area contributed by atoms with Gasteiger partial charge in [0.15, 0.2) is 0 Å². The van der Waals surface area contributed by atoms with E-state index in [2.05, 4.69) is 24.5 Å². The van der Waals surface area contributed by atoms with Gasteiger partial charge in [-0.2, -0.15) is 0 Å². The Morgan fingerprint density at radius 3 is 2.62 bits per heavy atom. The lowest BCUT2D eigenvalue weighted by molar-refractivity contribution is -0.126. The van der Waals surface area contributed by atoms with Crippen LogP contribution in [-0.2, 0) is 11.2 Å². The predicted molar refractivity (Wildman–Crippen MR) is 113 cm³/mol. The van der Waals surface area contributed by atoms with Crippen molar-refractivity contribution >= 4 is 17.5 Å². The lowest BCUT2D eigenvalue weighted by Crippen LogP contribution is -2.38. The van der Waals surface area contributed by atoms with Crippen LogP contribution in [0, 0.1) is 11.8 Å². The third-order valence-electron chi connectivity index (χ3n) is 4.97. The standard InChI is InChI=1S/C23H28N2O4/c1-15(2)10-11-24-22(26)18-12-17-13-19(6-9-21(17)29-14-18)25-23(27)16-4-7-20(28-3)8-5-16/h4-9,13,15,18H,10-12,14H2,1-3H3,(H,24,26)(H,25,27)/t18-/m0/s1. The number of carbonyl (C=O) groups is 2. The van der Waals surface area contributed by atoms with Crippen molar-refractivity contribution in [1.29, 1.82) is 0 Å². The van der Waals surface area contributed by atoms with Crippen LogP contribution < -0.4 is 20.1 Å². The van der Waals surface area contributed by atoms with E-state index in [-0.39, 0.29) is 17.7 Å². The largest absolute Gasteiger partial charge is 0.497 e. The zero-order valence-electron chi connectivity index (χ0n) is 17.2. The third kappa shape index (κ3) is 5.50. The lowest BCUT2D eigenvalue weighted by atomic mass is 9.95. The van der Waals surface area contributed by atoms with Crippen LogP contribution in [-0.4, -0.2) is 32.1 Å². The van der Waals surface area contributed by atoms with Crippen molar-refractivity contribution in [2.45, 2.75) is 26.7 Å². The maximum atomic E-state index is 12.5. The van der Waals surface area contributed by atoms with Gasteiger partial charge in [-0.3, -0.25) is 9.59 Å². The Morgan fingerprint density at radius 1 is 1.17 bits per heavy atom. The van der Waals surface area contributed by atoms with Gasteiger partial charge in [-0.1, -0.05) is 13.8 Å².